The Morgan fingerprint density at radius 3 is 2.33 bits per heavy atom. The van der Waals surface area contributed by atoms with Gasteiger partial charge in [0.1, 0.15) is 5.60 Å². The minimum atomic E-state index is -0.433. The van der Waals surface area contributed by atoms with Crippen LogP contribution in [0.15, 0.2) is 0 Å². The standard InChI is InChI=1S/C11H22O4/c1-9(8-14-7-6-13-5)10(12)15-11(2,3)4/h9H,6-8H2,1-5H3/t9-/m0/s1. The van der Waals surface area contributed by atoms with Crippen molar-refractivity contribution < 1.29 is 19.0 Å². The van der Waals surface area contributed by atoms with Gasteiger partial charge in [0.25, 0.3) is 0 Å². The second-order valence-electron chi connectivity index (χ2n) is 4.50. The SMILES string of the molecule is COCCOC[C@H](C)C(=O)OC(C)(C)C. The van der Waals surface area contributed by atoms with Gasteiger partial charge < -0.3 is 14.2 Å². The van der Waals surface area contributed by atoms with Crippen molar-refractivity contribution in [2.75, 3.05) is 26.9 Å². The van der Waals surface area contributed by atoms with Gasteiger partial charge in [-0.1, -0.05) is 0 Å². The molecule has 0 aromatic carbocycles. The molecule has 0 saturated carbocycles. The highest BCUT2D eigenvalue weighted by atomic mass is 16.6. The van der Waals surface area contributed by atoms with Gasteiger partial charge in [0.05, 0.1) is 25.7 Å². The summed E-state index contributed by atoms with van der Waals surface area (Å²) < 4.78 is 15.3. The number of hydrogen-bond acceptors (Lipinski definition) is 4. The van der Waals surface area contributed by atoms with E-state index in [0.29, 0.717) is 19.8 Å². The number of rotatable bonds is 6. The molecule has 0 fully saturated rings. The van der Waals surface area contributed by atoms with E-state index >= 15 is 0 Å². The maximum absolute atomic E-state index is 11.5. The summed E-state index contributed by atoms with van der Waals surface area (Å²) in [6, 6.07) is 0. The maximum atomic E-state index is 11.5. The third kappa shape index (κ3) is 8.39. The Balaban J connectivity index is 3.70. The summed E-state index contributed by atoms with van der Waals surface area (Å²) in [5.74, 6) is -0.457. The topological polar surface area (TPSA) is 44.8 Å². The van der Waals surface area contributed by atoms with Crippen LogP contribution in [0.4, 0.5) is 0 Å². The molecule has 0 aromatic heterocycles. The van der Waals surface area contributed by atoms with Crippen molar-refractivity contribution in [3.8, 4) is 0 Å². The number of carbonyl (C=O) groups is 1. The van der Waals surface area contributed by atoms with E-state index < -0.39 is 5.60 Å². The van der Waals surface area contributed by atoms with Crippen molar-refractivity contribution in [3.05, 3.63) is 0 Å². The fourth-order valence-corrected chi connectivity index (χ4v) is 0.873. The van der Waals surface area contributed by atoms with Gasteiger partial charge in [0.15, 0.2) is 0 Å². The van der Waals surface area contributed by atoms with E-state index in [2.05, 4.69) is 0 Å². The molecule has 0 aromatic rings. The molecule has 15 heavy (non-hydrogen) atoms. The Kier molecular flexibility index (Phi) is 6.52. The van der Waals surface area contributed by atoms with Crippen molar-refractivity contribution in [1.82, 2.24) is 0 Å². The molecule has 0 aliphatic carbocycles. The molecule has 90 valence electrons. The maximum Gasteiger partial charge on any atom is 0.311 e. The van der Waals surface area contributed by atoms with Crippen LogP contribution < -0.4 is 0 Å². The van der Waals surface area contributed by atoms with Crippen molar-refractivity contribution in [3.63, 3.8) is 0 Å². The van der Waals surface area contributed by atoms with Crippen LogP contribution in [0.3, 0.4) is 0 Å². The van der Waals surface area contributed by atoms with E-state index in [-0.39, 0.29) is 11.9 Å². The lowest BCUT2D eigenvalue weighted by Gasteiger charge is -2.22. The number of carbonyl (C=O) groups excluding carboxylic acids is 1. The quantitative estimate of drug-likeness (QED) is 0.502. The first-order chi connectivity index (χ1) is 6.87. The van der Waals surface area contributed by atoms with E-state index in [1.807, 2.05) is 20.8 Å². The van der Waals surface area contributed by atoms with E-state index in [4.69, 9.17) is 14.2 Å². The second kappa shape index (κ2) is 6.80. The van der Waals surface area contributed by atoms with Crippen molar-refractivity contribution in [2.45, 2.75) is 33.3 Å². The first-order valence-electron chi connectivity index (χ1n) is 5.16. The Labute approximate surface area is 91.9 Å². The third-order valence-electron chi connectivity index (χ3n) is 1.61. The molecule has 4 heteroatoms. The van der Waals surface area contributed by atoms with Crippen LogP contribution in [0, 0.1) is 5.92 Å². The minimum absolute atomic E-state index is 0.222. The highest BCUT2D eigenvalue weighted by molar-refractivity contribution is 5.72. The lowest BCUT2D eigenvalue weighted by Crippen LogP contribution is -2.29. The Morgan fingerprint density at radius 1 is 1.27 bits per heavy atom. The Morgan fingerprint density at radius 2 is 1.87 bits per heavy atom. The van der Waals surface area contributed by atoms with Crippen molar-refractivity contribution in [2.24, 2.45) is 5.92 Å². The van der Waals surface area contributed by atoms with Crippen LogP contribution >= 0.6 is 0 Å². The van der Waals surface area contributed by atoms with Gasteiger partial charge in [-0.3, -0.25) is 4.79 Å². The summed E-state index contributed by atoms with van der Waals surface area (Å²) in [5, 5.41) is 0. The van der Waals surface area contributed by atoms with Gasteiger partial charge in [-0.25, -0.2) is 0 Å². The molecule has 0 bridgehead atoms. The fourth-order valence-electron chi connectivity index (χ4n) is 0.873. The smallest absolute Gasteiger partial charge is 0.311 e. The third-order valence-corrected chi connectivity index (χ3v) is 1.61. The molecule has 4 nitrogen and oxygen atoms in total. The van der Waals surface area contributed by atoms with E-state index in [9.17, 15) is 4.79 Å². The minimum Gasteiger partial charge on any atom is -0.460 e. The summed E-state index contributed by atoms with van der Waals surface area (Å²) in [4.78, 5) is 11.5. The largest absolute Gasteiger partial charge is 0.460 e. The van der Waals surface area contributed by atoms with Crippen LogP contribution in [-0.2, 0) is 19.0 Å². The molecular weight excluding hydrogens is 196 g/mol. The molecule has 1 atom stereocenters. The molecule has 0 spiro atoms. The average molecular weight is 218 g/mol. The molecule has 0 unspecified atom stereocenters. The monoisotopic (exact) mass is 218 g/mol. The lowest BCUT2D eigenvalue weighted by atomic mass is 10.1. The van der Waals surface area contributed by atoms with Gasteiger partial charge in [-0.05, 0) is 27.7 Å². The van der Waals surface area contributed by atoms with E-state index in [1.54, 1.807) is 14.0 Å². The van der Waals surface area contributed by atoms with Gasteiger partial charge in [0.2, 0.25) is 0 Å². The van der Waals surface area contributed by atoms with Crippen LogP contribution in [0.25, 0.3) is 0 Å². The second-order valence-corrected chi connectivity index (χ2v) is 4.50. The number of esters is 1. The Hall–Kier alpha value is -0.610. The molecule has 0 saturated heterocycles. The highest BCUT2D eigenvalue weighted by Crippen LogP contribution is 2.11. The van der Waals surface area contributed by atoms with Gasteiger partial charge >= 0.3 is 5.97 Å². The van der Waals surface area contributed by atoms with Gasteiger partial charge in [-0.15, -0.1) is 0 Å². The van der Waals surface area contributed by atoms with Crippen molar-refractivity contribution >= 4 is 5.97 Å². The normalized spacial score (nSPS) is 13.7. The highest BCUT2D eigenvalue weighted by Gasteiger charge is 2.21. The van der Waals surface area contributed by atoms with Crippen LogP contribution in [0.5, 0.6) is 0 Å². The fraction of sp³-hybridized carbons (Fsp3) is 0.909. The number of ether oxygens (including phenoxy) is 3. The zero-order valence-electron chi connectivity index (χ0n) is 10.3. The van der Waals surface area contributed by atoms with Crippen LogP contribution in [0.2, 0.25) is 0 Å². The van der Waals surface area contributed by atoms with Crippen LogP contribution in [-0.4, -0.2) is 38.5 Å². The molecular formula is C11H22O4. The summed E-state index contributed by atoms with van der Waals surface area (Å²) >= 11 is 0. The molecule has 0 amide bonds. The first-order valence-corrected chi connectivity index (χ1v) is 5.16. The van der Waals surface area contributed by atoms with Crippen molar-refractivity contribution in [1.29, 1.82) is 0 Å². The van der Waals surface area contributed by atoms with Gasteiger partial charge in [0, 0.05) is 7.11 Å². The van der Waals surface area contributed by atoms with E-state index in [1.165, 1.54) is 0 Å². The Bertz CT molecular complexity index is 184. The molecule has 0 rings (SSSR count). The molecule has 0 aliphatic rings. The molecule has 0 radical (unpaired) electrons. The lowest BCUT2D eigenvalue weighted by molar-refractivity contribution is -0.161. The zero-order valence-corrected chi connectivity index (χ0v) is 10.3. The molecule has 0 aliphatic heterocycles. The number of methoxy groups -OCH3 is 1. The average Bonchev–Trinajstić information content (AvgIpc) is 2.09. The van der Waals surface area contributed by atoms with Gasteiger partial charge in [-0.2, -0.15) is 0 Å². The summed E-state index contributed by atoms with van der Waals surface area (Å²) in [6.07, 6.45) is 0. The first kappa shape index (κ1) is 14.4. The predicted octanol–water partition coefficient (Wildman–Crippen LogP) is 1.63. The van der Waals surface area contributed by atoms with E-state index in [0.717, 1.165) is 0 Å². The van der Waals surface area contributed by atoms with Crippen LogP contribution in [0.1, 0.15) is 27.7 Å². The number of hydrogen-bond donors (Lipinski definition) is 0. The summed E-state index contributed by atoms with van der Waals surface area (Å²) in [6.45, 7) is 8.76. The molecule has 0 heterocycles. The zero-order chi connectivity index (χ0) is 11.9. The summed E-state index contributed by atoms with van der Waals surface area (Å²) in [5.41, 5.74) is -0.433. The molecule has 0 N–H and O–H groups in total. The predicted molar refractivity (Wildman–Crippen MR) is 57.7 cm³/mol. The summed E-state index contributed by atoms with van der Waals surface area (Å²) in [7, 11) is 1.61.